The maximum Gasteiger partial charge on any atom is 0.119 e. The molecule has 2 rings (SSSR count). The predicted molar refractivity (Wildman–Crippen MR) is 178 cm³/mol. The summed E-state index contributed by atoms with van der Waals surface area (Å²) in [6, 6.07) is 0.537. The molecule has 1 aliphatic rings. The minimum absolute atomic E-state index is 0.0854. The van der Waals surface area contributed by atoms with Crippen molar-refractivity contribution in [3.05, 3.63) is 42.5 Å². The van der Waals surface area contributed by atoms with Crippen LogP contribution in [-0.4, -0.2) is 9.55 Å². The molecule has 0 saturated carbocycles. The first-order valence-electron chi connectivity index (χ1n) is 18.1. The zero-order chi connectivity index (χ0) is 28.6. The molecule has 0 radical (unpaired) electrons. The van der Waals surface area contributed by atoms with Crippen LogP contribution in [0.1, 0.15) is 200 Å². The van der Waals surface area contributed by atoms with Crippen molar-refractivity contribution in [2.24, 2.45) is 0 Å². The summed E-state index contributed by atoms with van der Waals surface area (Å²) in [5, 5.41) is 0. The van der Waals surface area contributed by atoms with Gasteiger partial charge in [0.2, 0.25) is 0 Å². The summed E-state index contributed by atoms with van der Waals surface area (Å²) in [5.41, 5.74) is 0.0854. The van der Waals surface area contributed by atoms with E-state index < -0.39 is 0 Å². The van der Waals surface area contributed by atoms with Crippen LogP contribution in [0.2, 0.25) is 0 Å². The molecule has 1 aromatic rings. The number of aromatic nitrogens is 2. The summed E-state index contributed by atoms with van der Waals surface area (Å²) < 4.78 is 2.53. The average molecular weight is 553 g/mol. The highest BCUT2D eigenvalue weighted by Gasteiger charge is 2.34. The molecule has 0 aromatic carbocycles. The highest BCUT2D eigenvalue weighted by molar-refractivity contribution is 5.29. The van der Waals surface area contributed by atoms with Crippen molar-refractivity contribution in [1.82, 2.24) is 9.55 Å². The van der Waals surface area contributed by atoms with Crippen molar-refractivity contribution in [2.75, 3.05) is 0 Å². The van der Waals surface area contributed by atoms with Gasteiger partial charge in [-0.2, -0.15) is 0 Å². The van der Waals surface area contributed by atoms with E-state index in [0.29, 0.717) is 6.04 Å². The van der Waals surface area contributed by atoms with Crippen LogP contribution in [0, 0.1) is 0 Å². The lowest BCUT2D eigenvalue weighted by molar-refractivity contribution is 0.380. The molecule has 2 unspecified atom stereocenters. The van der Waals surface area contributed by atoms with Gasteiger partial charge in [0, 0.05) is 18.4 Å². The lowest BCUT2D eigenvalue weighted by Gasteiger charge is -2.33. The van der Waals surface area contributed by atoms with Gasteiger partial charge < -0.3 is 4.57 Å². The van der Waals surface area contributed by atoms with Crippen LogP contribution in [-0.2, 0) is 5.41 Å². The van der Waals surface area contributed by atoms with Crippen LogP contribution >= 0.6 is 0 Å². The summed E-state index contributed by atoms with van der Waals surface area (Å²) in [6.45, 7) is 7.02. The zero-order valence-corrected chi connectivity index (χ0v) is 27.3. The van der Waals surface area contributed by atoms with Crippen LogP contribution in [0.4, 0.5) is 0 Å². The smallest absolute Gasteiger partial charge is 0.119 e. The Morgan fingerprint density at radius 2 is 1.12 bits per heavy atom. The minimum atomic E-state index is 0.0854. The van der Waals surface area contributed by atoms with Crippen LogP contribution in [0.3, 0.4) is 0 Å². The number of unbranched alkanes of at least 4 members (excludes halogenated alkanes) is 21. The molecule has 0 fully saturated rings. The largest absolute Gasteiger partial charge is 0.331 e. The molecule has 0 amide bonds. The van der Waals surface area contributed by atoms with Gasteiger partial charge in [0.1, 0.15) is 5.82 Å². The highest BCUT2D eigenvalue weighted by Crippen LogP contribution is 2.38. The highest BCUT2D eigenvalue weighted by atomic mass is 15.1. The molecule has 0 aliphatic heterocycles. The van der Waals surface area contributed by atoms with Gasteiger partial charge in [-0.05, 0) is 26.2 Å². The molecule has 0 saturated heterocycles. The summed E-state index contributed by atoms with van der Waals surface area (Å²) in [7, 11) is 0. The van der Waals surface area contributed by atoms with Crippen molar-refractivity contribution in [2.45, 2.75) is 199 Å². The first-order chi connectivity index (χ1) is 19.7. The normalized spacial score (nSPS) is 17.6. The van der Waals surface area contributed by atoms with E-state index in [1.54, 1.807) is 0 Å². The van der Waals surface area contributed by atoms with Gasteiger partial charge in [0.15, 0.2) is 0 Å². The third kappa shape index (κ3) is 14.5. The molecule has 230 valence electrons. The Hall–Kier alpha value is -1.31. The number of allylic oxidation sites excluding steroid dienone is 4. The Morgan fingerprint density at radius 1 is 0.650 bits per heavy atom. The monoisotopic (exact) mass is 553 g/mol. The molecule has 1 heterocycles. The quantitative estimate of drug-likeness (QED) is 0.0992. The first kappa shape index (κ1) is 34.9. The number of hydrogen-bond donors (Lipinski definition) is 0. The van der Waals surface area contributed by atoms with Crippen LogP contribution in [0.25, 0.3) is 0 Å². The van der Waals surface area contributed by atoms with Gasteiger partial charge in [-0.25, -0.2) is 4.98 Å². The second-order valence-electron chi connectivity index (χ2n) is 13.1. The first-order valence-corrected chi connectivity index (χ1v) is 18.1. The van der Waals surface area contributed by atoms with Crippen molar-refractivity contribution in [1.29, 1.82) is 0 Å². The van der Waals surface area contributed by atoms with E-state index in [1.807, 2.05) is 0 Å². The SMILES string of the molecule is CCCCCCCCCCCCCCCCC1(c2nccn2C(C)CCCCCCCCCCC)C=CC=CC1. The fourth-order valence-corrected chi connectivity index (χ4v) is 6.71. The van der Waals surface area contributed by atoms with Gasteiger partial charge in [-0.3, -0.25) is 0 Å². The standard InChI is InChI=1S/C38H68N2/c1-4-6-8-10-12-14-15-16-17-18-20-22-24-27-31-38(32-28-25-29-33-38)37-39-34-35-40(37)36(3)30-26-23-21-19-13-11-9-7-5-2/h25,28-29,32,34-36H,4-24,26-27,30-31,33H2,1-3H3. The lowest BCUT2D eigenvalue weighted by atomic mass is 9.76. The van der Waals surface area contributed by atoms with Crippen LogP contribution in [0.5, 0.6) is 0 Å². The molecule has 0 N–H and O–H groups in total. The Morgan fingerprint density at radius 3 is 1.60 bits per heavy atom. The average Bonchev–Trinajstić information content (AvgIpc) is 3.48. The van der Waals surface area contributed by atoms with Crippen molar-refractivity contribution in [3.63, 3.8) is 0 Å². The van der Waals surface area contributed by atoms with Gasteiger partial charge in [0.05, 0.1) is 5.41 Å². The Bertz CT molecular complexity index is 759. The summed E-state index contributed by atoms with van der Waals surface area (Å²) >= 11 is 0. The lowest BCUT2D eigenvalue weighted by Crippen LogP contribution is -2.29. The molecule has 0 spiro atoms. The maximum absolute atomic E-state index is 4.99. The van der Waals surface area contributed by atoms with E-state index in [9.17, 15) is 0 Å². The van der Waals surface area contributed by atoms with Crippen molar-refractivity contribution >= 4 is 0 Å². The number of imidazole rings is 1. The van der Waals surface area contributed by atoms with E-state index in [2.05, 4.69) is 62.0 Å². The molecule has 2 nitrogen and oxygen atoms in total. The van der Waals surface area contributed by atoms with Crippen LogP contribution in [0.15, 0.2) is 36.7 Å². The molecule has 1 aliphatic carbocycles. The van der Waals surface area contributed by atoms with Crippen LogP contribution < -0.4 is 0 Å². The third-order valence-electron chi connectivity index (χ3n) is 9.44. The molecule has 2 atom stereocenters. The fourth-order valence-electron chi connectivity index (χ4n) is 6.71. The molecule has 40 heavy (non-hydrogen) atoms. The summed E-state index contributed by atoms with van der Waals surface area (Å²) in [4.78, 5) is 4.99. The van der Waals surface area contributed by atoms with E-state index in [-0.39, 0.29) is 5.41 Å². The van der Waals surface area contributed by atoms with Gasteiger partial charge in [-0.15, -0.1) is 0 Å². The Balaban J connectivity index is 1.65. The Labute approximate surface area is 250 Å². The van der Waals surface area contributed by atoms with E-state index >= 15 is 0 Å². The topological polar surface area (TPSA) is 17.8 Å². The predicted octanol–water partition coefficient (Wildman–Crippen LogP) is 13.0. The zero-order valence-electron chi connectivity index (χ0n) is 27.3. The van der Waals surface area contributed by atoms with E-state index in [1.165, 1.54) is 166 Å². The Kier molecular flexibility index (Phi) is 20.3. The van der Waals surface area contributed by atoms with E-state index in [4.69, 9.17) is 4.98 Å². The van der Waals surface area contributed by atoms with Gasteiger partial charge >= 0.3 is 0 Å². The molecule has 0 bridgehead atoms. The molecular formula is C38H68N2. The van der Waals surface area contributed by atoms with Gasteiger partial charge in [-0.1, -0.05) is 186 Å². The summed E-state index contributed by atoms with van der Waals surface area (Å²) in [5.74, 6) is 1.31. The van der Waals surface area contributed by atoms with Crippen molar-refractivity contribution in [3.8, 4) is 0 Å². The maximum atomic E-state index is 4.99. The molecule has 1 aromatic heterocycles. The second kappa shape index (κ2) is 23.3. The minimum Gasteiger partial charge on any atom is -0.331 e. The number of hydrogen-bond acceptors (Lipinski definition) is 1. The van der Waals surface area contributed by atoms with Gasteiger partial charge in [0.25, 0.3) is 0 Å². The summed E-state index contributed by atoms with van der Waals surface area (Å²) in [6.07, 6.45) is 49.8. The van der Waals surface area contributed by atoms with Crippen molar-refractivity contribution < 1.29 is 0 Å². The second-order valence-corrected chi connectivity index (χ2v) is 13.1. The molecule has 2 heteroatoms. The van der Waals surface area contributed by atoms with E-state index in [0.717, 1.165) is 6.42 Å². The number of rotatable bonds is 27. The third-order valence-corrected chi connectivity index (χ3v) is 9.44. The number of nitrogens with zero attached hydrogens (tertiary/aromatic N) is 2. The fraction of sp³-hybridized carbons (Fsp3) is 0.816. The molecular weight excluding hydrogens is 484 g/mol.